The summed E-state index contributed by atoms with van der Waals surface area (Å²) in [6.07, 6.45) is 0.650. The summed E-state index contributed by atoms with van der Waals surface area (Å²) in [5.41, 5.74) is 1.68. The molecule has 0 saturated heterocycles. The van der Waals surface area contributed by atoms with Crippen LogP contribution in [0.4, 0.5) is 0 Å². The maximum Gasteiger partial charge on any atom is 0.216 e. The lowest BCUT2D eigenvalue weighted by Crippen LogP contribution is -2.08. The molecule has 0 aromatic heterocycles. The van der Waals surface area contributed by atoms with Gasteiger partial charge in [0.05, 0.1) is 18.2 Å². The molecule has 1 N–H and O–H groups in total. The Morgan fingerprint density at radius 3 is 2.35 bits per heavy atom. The molecule has 0 saturated carbocycles. The minimum atomic E-state index is -2.92. The second kappa shape index (κ2) is 6.78. The highest BCUT2D eigenvalue weighted by atomic mass is 32.5. The van der Waals surface area contributed by atoms with E-state index in [0.29, 0.717) is 23.9 Å². The summed E-state index contributed by atoms with van der Waals surface area (Å²) >= 11 is 5.17. The molecule has 0 heterocycles. The van der Waals surface area contributed by atoms with E-state index < -0.39 is 6.49 Å². The molecule has 0 radical (unpaired) electrons. The van der Waals surface area contributed by atoms with E-state index in [1.165, 1.54) is 0 Å². The van der Waals surface area contributed by atoms with Crippen LogP contribution in [0.2, 0.25) is 0 Å². The molecule has 1 unspecified atom stereocenters. The van der Waals surface area contributed by atoms with E-state index in [0.717, 1.165) is 5.56 Å². The molecule has 2 aromatic rings. The lowest BCUT2D eigenvalue weighted by atomic mass is 10.1. The van der Waals surface area contributed by atoms with Gasteiger partial charge in [-0.25, -0.2) is 0 Å². The topological polar surface area (TPSA) is 53.2 Å². The van der Waals surface area contributed by atoms with E-state index in [2.05, 4.69) is 6.07 Å². The van der Waals surface area contributed by atoms with E-state index in [1.54, 1.807) is 24.3 Å². The van der Waals surface area contributed by atoms with Gasteiger partial charge in [0, 0.05) is 5.30 Å². The normalized spacial score (nSPS) is 13.4. The Morgan fingerprint density at radius 2 is 1.75 bits per heavy atom. The molecule has 2 rings (SSSR count). The Kier molecular flexibility index (Phi) is 5.05. The van der Waals surface area contributed by atoms with E-state index in [4.69, 9.17) is 21.6 Å². The Balaban J connectivity index is 1.92. The molecule has 5 heteroatoms. The van der Waals surface area contributed by atoms with Crippen LogP contribution < -0.4 is 5.30 Å². The monoisotopic (exact) mass is 303 g/mol. The van der Waals surface area contributed by atoms with Crippen molar-refractivity contribution in [3.8, 4) is 6.07 Å². The second-order valence-electron chi connectivity index (χ2n) is 4.25. The molecule has 1 atom stereocenters. The summed E-state index contributed by atoms with van der Waals surface area (Å²) in [5, 5.41) is 9.38. The van der Waals surface area contributed by atoms with Crippen molar-refractivity contribution in [2.75, 3.05) is 6.61 Å². The van der Waals surface area contributed by atoms with Crippen molar-refractivity contribution >= 4 is 23.6 Å². The molecule has 0 spiro atoms. The molecular weight excluding hydrogens is 289 g/mol. The van der Waals surface area contributed by atoms with Crippen LogP contribution in [-0.4, -0.2) is 11.5 Å². The van der Waals surface area contributed by atoms with Crippen molar-refractivity contribution in [1.29, 1.82) is 5.26 Å². The number of hydrogen-bond donors (Lipinski definition) is 1. The molecule has 102 valence electrons. The number of nitrogens with zero attached hydrogens (tertiary/aromatic N) is 1. The fourth-order valence-electron chi connectivity index (χ4n) is 1.72. The van der Waals surface area contributed by atoms with Crippen LogP contribution in [0.15, 0.2) is 54.6 Å². The van der Waals surface area contributed by atoms with Crippen LogP contribution in [0, 0.1) is 11.3 Å². The van der Waals surface area contributed by atoms with Crippen molar-refractivity contribution in [3.05, 3.63) is 65.7 Å². The van der Waals surface area contributed by atoms with Crippen LogP contribution in [0.25, 0.3) is 0 Å². The molecule has 0 fully saturated rings. The van der Waals surface area contributed by atoms with Gasteiger partial charge in [-0.3, -0.25) is 0 Å². The van der Waals surface area contributed by atoms with Gasteiger partial charge in [-0.1, -0.05) is 30.3 Å². The number of hydrogen-bond acceptors (Lipinski definition) is 3. The molecule has 20 heavy (non-hydrogen) atoms. The zero-order valence-corrected chi connectivity index (χ0v) is 12.5. The Hall–Kier alpha value is -1.50. The fourth-order valence-corrected chi connectivity index (χ4v) is 3.35. The summed E-state index contributed by atoms with van der Waals surface area (Å²) in [4.78, 5) is 10.2. The van der Waals surface area contributed by atoms with Gasteiger partial charge in [-0.15, -0.1) is 0 Å². The van der Waals surface area contributed by atoms with Crippen LogP contribution in [-0.2, 0) is 22.8 Å². The summed E-state index contributed by atoms with van der Waals surface area (Å²) < 4.78 is 5.49. The lowest BCUT2D eigenvalue weighted by molar-refractivity contribution is 0.319. The number of nitriles is 1. The predicted molar refractivity (Wildman–Crippen MR) is 83.4 cm³/mol. The Morgan fingerprint density at radius 1 is 1.10 bits per heavy atom. The van der Waals surface area contributed by atoms with Crippen molar-refractivity contribution in [2.24, 2.45) is 0 Å². The van der Waals surface area contributed by atoms with Crippen LogP contribution in [0.3, 0.4) is 0 Å². The van der Waals surface area contributed by atoms with E-state index >= 15 is 0 Å². The Bertz CT molecular complexity index is 650. The number of benzene rings is 2. The average molecular weight is 303 g/mol. The standard InChI is InChI=1S/C15H14NO2PS/c16-12-14-8-6-13(7-9-14)10-11-18-19(17,20)15-4-2-1-3-5-15/h1-9H,10-11H2,(H,17,20). The van der Waals surface area contributed by atoms with Crippen molar-refractivity contribution in [1.82, 2.24) is 0 Å². The molecule has 0 amide bonds. The lowest BCUT2D eigenvalue weighted by Gasteiger charge is -2.16. The van der Waals surface area contributed by atoms with Gasteiger partial charge in [0.15, 0.2) is 0 Å². The summed E-state index contributed by atoms with van der Waals surface area (Å²) in [6.45, 7) is -2.56. The molecule has 0 bridgehead atoms. The highest BCUT2D eigenvalue weighted by molar-refractivity contribution is 8.13. The highest BCUT2D eigenvalue weighted by Crippen LogP contribution is 2.40. The predicted octanol–water partition coefficient (Wildman–Crippen LogP) is 2.74. The zero-order chi connectivity index (χ0) is 14.4. The van der Waals surface area contributed by atoms with E-state index in [-0.39, 0.29) is 0 Å². The van der Waals surface area contributed by atoms with Gasteiger partial charge in [-0.2, -0.15) is 5.26 Å². The third kappa shape index (κ3) is 4.00. The summed E-state index contributed by atoms with van der Waals surface area (Å²) in [5.74, 6) is 0. The zero-order valence-electron chi connectivity index (χ0n) is 10.8. The first kappa shape index (κ1) is 14.9. The Labute approximate surface area is 123 Å². The smallest absolute Gasteiger partial charge is 0.216 e. The largest absolute Gasteiger partial charge is 0.342 e. The van der Waals surface area contributed by atoms with Gasteiger partial charge in [0.2, 0.25) is 6.49 Å². The molecule has 0 aliphatic carbocycles. The van der Waals surface area contributed by atoms with Gasteiger partial charge >= 0.3 is 0 Å². The molecule has 3 nitrogen and oxygen atoms in total. The first-order chi connectivity index (χ1) is 9.62. The van der Waals surface area contributed by atoms with Gasteiger partial charge < -0.3 is 9.42 Å². The number of rotatable bonds is 5. The second-order valence-corrected chi connectivity index (χ2v) is 7.55. The fraction of sp³-hybridized carbons (Fsp3) is 0.133. The SMILES string of the molecule is N#Cc1ccc(CCOP(O)(=S)c2ccccc2)cc1. The third-order valence-corrected chi connectivity index (χ3v) is 5.25. The maximum absolute atomic E-state index is 10.2. The molecule has 0 aliphatic rings. The highest BCUT2D eigenvalue weighted by Gasteiger charge is 2.16. The van der Waals surface area contributed by atoms with Gasteiger partial charge in [0.25, 0.3) is 0 Å². The molecular formula is C15H14NO2PS. The van der Waals surface area contributed by atoms with Crippen molar-refractivity contribution in [3.63, 3.8) is 0 Å². The van der Waals surface area contributed by atoms with Gasteiger partial charge in [0.1, 0.15) is 0 Å². The summed E-state index contributed by atoms with van der Waals surface area (Å²) in [6, 6.07) is 18.5. The van der Waals surface area contributed by atoms with Crippen LogP contribution >= 0.6 is 6.49 Å². The van der Waals surface area contributed by atoms with Gasteiger partial charge in [-0.05, 0) is 48.1 Å². The minimum absolute atomic E-state index is 0.356. The molecule has 0 aliphatic heterocycles. The van der Waals surface area contributed by atoms with Crippen molar-refractivity contribution in [2.45, 2.75) is 6.42 Å². The third-order valence-electron chi connectivity index (χ3n) is 2.82. The molecule has 2 aromatic carbocycles. The van der Waals surface area contributed by atoms with E-state index in [9.17, 15) is 4.89 Å². The first-order valence-corrected chi connectivity index (χ1v) is 8.81. The maximum atomic E-state index is 10.2. The quantitative estimate of drug-likeness (QED) is 0.863. The minimum Gasteiger partial charge on any atom is -0.342 e. The first-order valence-electron chi connectivity index (χ1n) is 6.14. The summed E-state index contributed by atoms with van der Waals surface area (Å²) in [7, 11) is 0. The average Bonchev–Trinajstić information content (AvgIpc) is 2.49. The van der Waals surface area contributed by atoms with Crippen LogP contribution in [0.1, 0.15) is 11.1 Å². The van der Waals surface area contributed by atoms with Crippen molar-refractivity contribution < 1.29 is 9.42 Å². The van der Waals surface area contributed by atoms with E-state index in [1.807, 2.05) is 30.3 Å². The van der Waals surface area contributed by atoms with Crippen LogP contribution in [0.5, 0.6) is 0 Å².